The van der Waals surface area contributed by atoms with Crippen molar-refractivity contribution in [2.45, 2.75) is 19.8 Å². The summed E-state index contributed by atoms with van der Waals surface area (Å²) in [6, 6.07) is 14.6. The van der Waals surface area contributed by atoms with Crippen molar-refractivity contribution in [1.82, 2.24) is 0 Å². The van der Waals surface area contributed by atoms with Crippen molar-refractivity contribution >= 4 is 16.7 Å². The zero-order valence-electron chi connectivity index (χ0n) is 10.3. The van der Waals surface area contributed by atoms with Crippen molar-refractivity contribution in [1.29, 1.82) is 0 Å². The predicted octanol–water partition coefficient (Wildman–Crippen LogP) is 3.60. The molecule has 2 heteroatoms. The number of cyclic esters (lactones) is 1. The Labute approximate surface area is 106 Å². The Hall–Kier alpha value is -2.09. The Morgan fingerprint density at radius 3 is 2.67 bits per heavy atom. The number of allylic oxidation sites excluding steroid dienone is 1. The van der Waals surface area contributed by atoms with Crippen LogP contribution in [0.5, 0.6) is 0 Å². The van der Waals surface area contributed by atoms with E-state index in [1.807, 2.05) is 19.1 Å². The van der Waals surface area contributed by atoms with Gasteiger partial charge in [-0.15, -0.1) is 0 Å². The average molecular weight is 238 g/mol. The van der Waals surface area contributed by atoms with Crippen LogP contribution in [-0.2, 0) is 16.0 Å². The standard InChI is InChI=1S/C16H14O2/c1-11-14(10-16(17)18-11)9-13-7-4-6-12-5-2-3-8-15(12)13/h2-8H,9-10H2,1H3. The molecule has 0 radical (unpaired) electrons. The van der Waals surface area contributed by atoms with Crippen LogP contribution in [-0.4, -0.2) is 5.97 Å². The minimum Gasteiger partial charge on any atom is -0.431 e. The minimum atomic E-state index is -0.136. The van der Waals surface area contributed by atoms with E-state index >= 15 is 0 Å². The van der Waals surface area contributed by atoms with Crippen LogP contribution in [0.15, 0.2) is 53.8 Å². The van der Waals surface area contributed by atoms with Crippen molar-refractivity contribution in [3.63, 3.8) is 0 Å². The second-order valence-corrected chi connectivity index (χ2v) is 4.63. The molecule has 90 valence electrons. The highest BCUT2D eigenvalue weighted by Crippen LogP contribution is 2.27. The number of ether oxygens (including phenoxy) is 1. The summed E-state index contributed by atoms with van der Waals surface area (Å²) in [6.07, 6.45) is 1.22. The first-order chi connectivity index (χ1) is 8.74. The molecule has 1 aliphatic rings. The van der Waals surface area contributed by atoms with Crippen LogP contribution in [0, 0.1) is 0 Å². The van der Waals surface area contributed by atoms with Crippen LogP contribution in [0.2, 0.25) is 0 Å². The summed E-state index contributed by atoms with van der Waals surface area (Å²) >= 11 is 0. The molecule has 0 aliphatic carbocycles. The zero-order chi connectivity index (χ0) is 12.5. The smallest absolute Gasteiger partial charge is 0.315 e. The maximum Gasteiger partial charge on any atom is 0.315 e. The fraction of sp³-hybridized carbons (Fsp3) is 0.188. The Bertz CT molecular complexity index is 648. The average Bonchev–Trinajstić information content (AvgIpc) is 2.68. The molecule has 0 atom stereocenters. The molecule has 0 fully saturated rings. The summed E-state index contributed by atoms with van der Waals surface area (Å²) in [4.78, 5) is 11.3. The highest BCUT2D eigenvalue weighted by Gasteiger charge is 2.20. The van der Waals surface area contributed by atoms with E-state index < -0.39 is 0 Å². The van der Waals surface area contributed by atoms with E-state index in [-0.39, 0.29) is 5.97 Å². The van der Waals surface area contributed by atoms with Crippen molar-refractivity contribution in [2.75, 3.05) is 0 Å². The van der Waals surface area contributed by atoms with Crippen molar-refractivity contribution < 1.29 is 9.53 Å². The molecule has 3 rings (SSSR count). The summed E-state index contributed by atoms with van der Waals surface area (Å²) < 4.78 is 5.10. The fourth-order valence-electron chi connectivity index (χ4n) is 2.44. The second kappa shape index (κ2) is 4.30. The van der Waals surface area contributed by atoms with E-state index in [1.54, 1.807) is 0 Å². The number of esters is 1. The van der Waals surface area contributed by atoms with E-state index in [2.05, 4.69) is 30.3 Å². The van der Waals surface area contributed by atoms with Gasteiger partial charge in [0.2, 0.25) is 0 Å². The first-order valence-electron chi connectivity index (χ1n) is 6.10. The van der Waals surface area contributed by atoms with Crippen LogP contribution >= 0.6 is 0 Å². The predicted molar refractivity (Wildman–Crippen MR) is 71.1 cm³/mol. The molecule has 2 aromatic carbocycles. The van der Waals surface area contributed by atoms with Gasteiger partial charge in [0.15, 0.2) is 0 Å². The van der Waals surface area contributed by atoms with Gasteiger partial charge >= 0.3 is 5.97 Å². The molecular formula is C16H14O2. The number of hydrogen-bond acceptors (Lipinski definition) is 2. The third kappa shape index (κ3) is 1.90. The first kappa shape index (κ1) is 11.0. The van der Waals surface area contributed by atoms with Gasteiger partial charge < -0.3 is 4.74 Å². The van der Waals surface area contributed by atoms with Crippen LogP contribution in [0.1, 0.15) is 18.9 Å². The van der Waals surface area contributed by atoms with Crippen molar-refractivity contribution in [2.24, 2.45) is 0 Å². The number of carbonyl (C=O) groups excluding carboxylic acids is 1. The Morgan fingerprint density at radius 2 is 1.89 bits per heavy atom. The fourth-order valence-corrected chi connectivity index (χ4v) is 2.44. The second-order valence-electron chi connectivity index (χ2n) is 4.63. The van der Waals surface area contributed by atoms with Gasteiger partial charge in [0, 0.05) is 0 Å². The third-order valence-electron chi connectivity index (χ3n) is 3.41. The molecule has 0 spiro atoms. The van der Waals surface area contributed by atoms with E-state index in [0.29, 0.717) is 6.42 Å². The summed E-state index contributed by atoms with van der Waals surface area (Å²) in [7, 11) is 0. The quantitative estimate of drug-likeness (QED) is 0.747. The SMILES string of the molecule is CC1=C(Cc2cccc3ccccc23)CC(=O)O1. The molecule has 1 aliphatic heterocycles. The lowest BCUT2D eigenvalue weighted by atomic mass is 9.97. The molecule has 0 saturated heterocycles. The van der Waals surface area contributed by atoms with Crippen LogP contribution in [0.3, 0.4) is 0 Å². The van der Waals surface area contributed by atoms with Gasteiger partial charge in [-0.2, -0.15) is 0 Å². The topological polar surface area (TPSA) is 26.3 Å². The lowest BCUT2D eigenvalue weighted by molar-refractivity contribution is -0.136. The van der Waals surface area contributed by atoms with Gasteiger partial charge in [-0.05, 0) is 35.3 Å². The zero-order valence-corrected chi connectivity index (χ0v) is 10.3. The van der Waals surface area contributed by atoms with E-state index in [1.165, 1.54) is 16.3 Å². The van der Waals surface area contributed by atoms with Crippen LogP contribution in [0.4, 0.5) is 0 Å². The number of rotatable bonds is 2. The lowest BCUT2D eigenvalue weighted by Gasteiger charge is -2.06. The minimum absolute atomic E-state index is 0.136. The highest BCUT2D eigenvalue weighted by atomic mass is 16.5. The molecular weight excluding hydrogens is 224 g/mol. The van der Waals surface area contributed by atoms with E-state index in [9.17, 15) is 4.79 Å². The summed E-state index contributed by atoms with van der Waals surface area (Å²) in [6.45, 7) is 1.87. The molecule has 0 unspecified atom stereocenters. The third-order valence-corrected chi connectivity index (χ3v) is 3.41. The summed E-state index contributed by atoms with van der Waals surface area (Å²) in [5.41, 5.74) is 2.34. The monoisotopic (exact) mass is 238 g/mol. The Morgan fingerprint density at radius 1 is 1.11 bits per heavy atom. The van der Waals surface area contributed by atoms with E-state index in [0.717, 1.165) is 17.8 Å². The van der Waals surface area contributed by atoms with Crippen LogP contribution in [0.25, 0.3) is 10.8 Å². The molecule has 2 nitrogen and oxygen atoms in total. The normalized spacial score (nSPS) is 15.3. The lowest BCUT2D eigenvalue weighted by Crippen LogP contribution is -1.94. The molecule has 0 aromatic heterocycles. The number of carbonyl (C=O) groups is 1. The van der Waals surface area contributed by atoms with Crippen molar-refractivity contribution in [3.05, 3.63) is 59.4 Å². The van der Waals surface area contributed by atoms with E-state index in [4.69, 9.17) is 4.74 Å². The van der Waals surface area contributed by atoms with Gasteiger partial charge in [0.25, 0.3) is 0 Å². The molecule has 0 N–H and O–H groups in total. The number of hydrogen-bond donors (Lipinski definition) is 0. The summed E-state index contributed by atoms with van der Waals surface area (Å²) in [5, 5.41) is 2.48. The van der Waals surface area contributed by atoms with Crippen LogP contribution < -0.4 is 0 Å². The highest BCUT2D eigenvalue weighted by molar-refractivity contribution is 5.86. The summed E-state index contributed by atoms with van der Waals surface area (Å²) in [5.74, 6) is 0.635. The maximum absolute atomic E-state index is 11.3. The molecule has 2 aromatic rings. The van der Waals surface area contributed by atoms with Gasteiger partial charge in [-0.25, -0.2) is 0 Å². The maximum atomic E-state index is 11.3. The molecule has 0 amide bonds. The number of fused-ring (bicyclic) bond motifs is 1. The largest absolute Gasteiger partial charge is 0.431 e. The van der Waals surface area contributed by atoms with Gasteiger partial charge in [0.1, 0.15) is 5.76 Å². The molecule has 0 bridgehead atoms. The first-order valence-corrected chi connectivity index (χ1v) is 6.10. The van der Waals surface area contributed by atoms with Gasteiger partial charge in [0.05, 0.1) is 6.42 Å². The molecule has 0 saturated carbocycles. The number of benzene rings is 2. The molecule has 18 heavy (non-hydrogen) atoms. The Kier molecular flexibility index (Phi) is 2.63. The molecule has 1 heterocycles. The Balaban J connectivity index is 2.01. The van der Waals surface area contributed by atoms with Crippen molar-refractivity contribution in [3.8, 4) is 0 Å². The van der Waals surface area contributed by atoms with Gasteiger partial charge in [-0.1, -0.05) is 42.5 Å². The van der Waals surface area contributed by atoms with Gasteiger partial charge in [-0.3, -0.25) is 4.79 Å².